The standard InChI is InChI=1S/C31H30FN3O4/c1-39-24-14-10-22(11-15-24)27-25-26(29(37)35(28(25)36)19-20-6-3-2-4-7-20)31(33-27)16-5-17-34(30(31)38)18-21-8-12-23(32)13-9-21/h2-4,6-15,25-27,33H,5,16-19H2,1H3/t25-,26-,27-,31-/m1/s1. The smallest absolute Gasteiger partial charge is 0.244 e. The third-order valence-electron chi connectivity index (χ3n) is 8.36. The van der Waals surface area contributed by atoms with Gasteiger partial charge < -0.3 is 9.64 Å². The molecule has 3 aromatic carbocycles. The van der Waals surface area contributed by atoms with Gasteiger partial charge in [-0.1, -0.05) is 54.6 Å². The number of nitrogens with zero attached hydrogens (tertiary/aromatic N) is 2. The van der Waals surface area contributed by atoms with Gasteiger partial charge in [0.05, 0.1) is 25.5 Å². The van der Waals surface area contributed by atoms with Crippen molar-refractivity contribution in [2.75, 3.05) is 13.7 Å². The molecule has 0 aromatic heterocycles. The first-order chi connectivity index (χ1) is 18.9. The molecular formula is C31H30FN3O4. The van der Waals surface area contributed by atoms with Gasteiger partial charge in [0.1, 0.15) is 17.1 Å². The Morgan fingerprint density at radius 3 is 2.28 bits per heavy atom. The molecule has 1 spiro atoms. The van der Waals surface area contributed by atoms with Crippen molar-refractivity contribution in [2.45, 2.75) is 37.5 Å². The van der Waals surface area contributed by atoms with Gasteiger partial charge in [0.25, 0.3) is 0 Å². The number of likely N-dealkylation sites (tertiary alicyclic amines) is 2. The average molecular weight is 528 g/mol. The summed E-state index contributed by atoms with van der Waals surface area (Å²) in [5.41, 5.74) is 1.29. The maximum atomic E-state index is 14.2. The van der Waals surface area contributed by atoms with Gasteiger partial charge in [0, 0.05) is 19.1 Å². The van der Waals surface area contributed by atoms with E-state index in [-0.39, 0.29) is 30.1 Å². The number of rotatable bonds is 6. The maximum absolute atomic E-state index is 14.2. The van der Waals surface area contributed by atoms with E-state index < -0.39 is 23.4 Å². The normalized spacial score (nSPS) is 26.4. The minimum atomic E-state index is -1.20. The van der Waals surface area contributed by atoms with Crippen LogP contribution in [-0.2, 0) is 27.5 Å². The van der Waals surface area contributed by atoms with Gasteiger partial charge in [-0.3, -0.25) is 24.6 Å². The number of hydrogen-bond donors (Lipinski definition) is 1. The summed E-state index contributed by atoms with van der Waals surface area (Å²) in [5.74, 6) is -1.93. The molecule has 1 N–H and O–H groups in total. The van der Waals surface area contributed by atoms with Crippen LogP contribution in [0.5, 0.6) is 5.75 Å². The van der Waals surface area contributed by atoms with E-state index in [1.807, 2.05) is 54.6 Å². The molecule has 3 aromatic rings. The third-order valence-corrected chi connectivity index (χ3v) is 8.36. The number of carbonyl (C=O) groups excluding carboxylic acids is 3. The van der Waals surface area contributed by atoms with Crippen LogP contribution in [0.3, 0.4) is 0 Å². The monoisotopic (exact) mass is 527 g/mol. The van der Waals surface area contributed by atoms with Crippen molar-refractivity contribution in [3.63, 3.8) is 0 Å². The number of hydrogen-bond acceptors (Lipinski definition) is 5. The number of fused-ring (bicyclic) bond motifs is 2. The number of benzene rings is 3. The Bertz CT molecular complexity index is 1400. The molecule has 39 heavy (non-hydrogen) atoms. The second kappa shape index (κ2) is 9.93. The van der Waals surface area contributed by atoms with Gasteiger partial charge in [-0.05, 0) is 53.8 Å². The molecule has 3 amide bonds. The molecule has 0 bridgehead atoms. The molecule has 3 heterocycles. The van der Waals surface area contributed by atoms with Crippen molar-refractivity contribution in [1.82, 2.24) is 15.1 Å². The fourth-order valence-corrected chi connectivity index (χ4v) is 6.51. The van der Waals surface area contributed by atoms with Gasteiger partial charge in [-0.15, -0.1) is 0 Å². The highest BCUT2D eigenvalue weighted by Gasteiger charge is 2.68. The number of amides is 3. The summed E-state index contributed by atoms with van der Waals surface area (Å²) in [6, 6.07) is 22.4. The molecule has 0 aliphatic carbocycles. The highest BCUT2D eigenvalue weighted by molar-refractivity contribution is 6.10. The summed E-state index contributed by atoms with van der Waals surface area (Å²) in [7, 11) is 1.59. The van der Waals surface area contributed by atoms with Crippen molar-refractivity contribution in [1.29, 1.82) is 0 Å². The summed E-state index contributed by atoms with van der Waals surface area (Å²) in [5, 5.41) is 3.52. The minimum absolute atomic E-state index is 0.171. The van der Waals surface area contributed by atoms with Crippen LogP contribution in [0.15, 0.2) is 78.9 Å². The first-order valence-corrected chi connectivity index (χ1v) is 13.3. The molecule has 3 aliphatic rings. The second-order valence-electron chi connectivity index (χ2n) is 10.6. The van der Waals surface area contributed by atoms with E-state index in [1.165, 1.54) is 17.0 Å². The first kappa shape index (κ1) is 25.2. The van der Waals surface area contributed by atoms with Crippen molar-refractivity contribution in [3.8, 4) is 5.75 Å². The molecule has 8 heteroatoms. The summed E-state index contributed by atoms with van der Waals surface area (Å²) in [6.45, 7) is 1.01. The number of halogens is 1. The van der Waals surface area contributed by atoms with E-state index in [2.05, 4.69) is 5.32 Å². The topological polar surface area (TPSA) is 79.0 Å². The molecule has 0 unspecified atom stereocenters. The second-order valence-corrected chi connectivity index (χ2v) is 10.6. The van der Waals surface area contributed by atoms with E-state index >= 15 is 0 Å². The highest BCUT2D eigenvalue weighted by atomic mass is 19.1. The largest absolute Gasteiger partial charge is 0.497 e. The summed E-state index contributed by atoms with van der Waals surface area (Å²) in [4.78, 5) is 45.3. The van der Waals surface area contributed by atoms with Gasteiger partial charge in [0.2, 0.25) is 17.7 Å². The van der Waals surface area contributed by atoms with E-state index in [1.54, 1.807) is 24.1 Å². The number of piperidine rings is 1. The highest BCUT2D eigenvalue weighted by Crippen LogP contribution is 2.52. The Morgan fingerprint density at radius 1 is 0.897 bits per heavy atom. The zero-order chi connectivity index (χ0) is 27.1. The van der Waals surface area contributed by atoms with Crippen LogP contribution in [0, 0.1) is 17.7 Å². The fraction of sp³-hybridized carbons (Fsp3) is 0.323. The molecule has 6 rings (SSSR count). The lowest BCUT2D eigenvalue weighted by molar-refractivity contribution is -0.150. The number of nitrogens with one attached hydrogen (secondary N) is 1. The van der Waals surface area contributed by atoms with Crippen LogP contribution in [-0.4, -0.2) is 46.7 Å². The van der Waals surface area contributed by atoms with E-state index in [4.69, 9.17) is 4.74 Å². The molecular weight excluding hydrogens is 497 g/mol. The van der Waals surface area contributed by atoms with E-state index in [0.717, 1.165) is 16.7 Å². The van der Waals surface area contributed by atoms with Crippen LogP contribution in [0.2, 0.25) is 0 Å². The van der Waals surface area contributed by atoms with Gasteiger partial charge >= 0.3 is 0 Å². The van der Waals surface area contributed by atoms with Crippen LogP contribution in [0.25, 0.3) is 0 Å². The molecule has 7 nitrogen and oxygen atoms in total. The van der Waals surface area contributed by atoms with Crippen LogP contribution in [0.4, 0.5) is 4.39 Å². The molecule has 3 saturated heterocycles. The fourth-order valence-electron chi connectivity index (χ4n) is 6.51. The number of methoxy groups -OCH3 is 1. The Morgan fingerprint density at radius 2 is 1.59 bits per heavy atom. The Kier molecular flexibility index (Phi) is 6.43. The van der Waals surface area contributed by atoms with E-state index in [0.29, 0.717) is 31.7 Å². The lowest BCUT2D eigenvalue weighted by atomic mass is 9.74. The lowest BCUT2D eigenvalue weighted by Gasteiger charge is -2.42. The third kappa shape index (κ3) is 4.29. The summed E-state index contributed by atoms with van der Waals surface area (Å²) < 4.78 is 18.8. The number of imide groups is 1. The van der Waals surface area contributed by atoms with E-state index in [9.17, 15) is 18.8 Å². The number of carbonyl (C=O) groups is 3. The molecule has 4 atom stereocenters. The minimum Gasteiger partial charge on any atom is -0.497 e. The van der Waals surface area contributed by atoms with Crippen molar-refractivity contribution in [3.05, 3.63) is 101 Å². The van der Waals surface area contributed by atoms with Crippen molar-refractivity contribution >= 4 is 17.7 Å². The van der Waals surface area contributed by atoms with Crippen LogP contribution < -0.4 is 10.1 Å². The van der Waals surface area contributed by atoms with Gasteiger partial charge in [0.15, 0.2) is 0 Å². The predicted octanol–water partition coefficient (Wildman–Crippen LogP) is 3.84. The van der Waals surface area contributed by atoms with Gasteiger partial charge in [-0.2, -0.15) is 0 Å². The van der Waals surface area contributed by atoms with Crippen LogP contribution >= 0.6 is 0 Å². The Labute approximate surface area is 226 Å². The molecule has 0 saturated carbocycles. The van der Waals surface area contributed by atoms with Gasteiger partial charge in [-0.25, -0.2) is 4.39 Å². The summed E-state index contributed by atoms with van der Waals surface area (Å²) in [6.07, 6.45) is 1.14. The van der Waals surface area contributed by atoms with Crippen molar-refractivity contribution in [2.24, 2.45) is 11.8 Å². The first-order valence-electron chi connectivity index (χ1n) is 13.3. The quantitative estimate of drug-likeness (QED) is 0.493. The van der Waals surface area contributed by atoms with Crippen LogP contribution in [0.1, 0.15) is 35.6 Å². The van der Waals surface area contributed by atoms with Crippen molar-refractivity contribution < 1.29 is 23.5 Å². The maximum Gasteiger partial charge on any atom is 0.244 e. The Balaban J connectivity index is 1.37. The molecule has 3 aliphatic heterocycles. The number of ether oxygens (including phenoxy) is 1. The average Bonchev–Trinajstić information content (AvgIpc) is 3.42. The molecule has 0 radical (unpaired) electrons. The summed E-state index contributed by atoms with van der Waals surface area (Å²) >= 11 is 0. The zero-order valence-electron chi connectivity index (χ0n) is 21.7. The Hall–Kier alpha value is -4.04. The molecule has 200 valence electrons. The predicted molar refractivity (Wildman–Crippen MR) is 142 cm³/mol. The SMILES string of the molecule is COc1ccc([C@H]2N[C@]3(CCCN(Cc4ccc(F)cc4)C3=O)[C@H]3C(=O)N(Cc4ccccc4)C(=O)[C@@H]23)cc1. The lowest BCUT2D eigenvalue weighted by Crippen LogP contribution is -2.63. The molecule has 3 fully saturated rings. The zero-order valence-corrected chi connectivity index (χ0v) is 21.7.